The van der Waals surface area contributed by atoms with Crippen molar-refractivity contribution in [3.05, 3.63) is 53.2 Å². The first-order valence-corrected chi connectivity index (χ1v) is 11.0. The number of nitrogens with zero attached hydrogens (tertiary/aromatic N) is 3. The maximum atomic E-state index is 12.9. The summed E-state index contributed by atoms with van der Waals surface area (Å²) in [4.78, 5) is 68.3. The highest BCUT2D eigenvalue weighted by molar-refractivity contribution is 6.23. The highest BCUT2D eigenvalue weighted by atomic mass is 16.2. The fourth-order valence-corrected chi connectivity index (χ4v) is 4.35. The quantitative estimate of drug-likeness (QED) is 0.529. The van der Waals surface area contributed by atoms with Crippen molar-refractivity contribution >= 4 is 41.0 Å². The third-order valence-electron chi connectivity index (χ3n) is 6.13. The highest BCUT2D eigenvalue weighted by Crippen LogP contribution is 2.28. The molecule has 0 saturated carbocycles. The lowest BCUT2D eigenvalue weighted by Gasteiger charge is -2.27. The van der Waals surface area contributed by atoms with Gasteiger partial charge in [-0.2, -0.15) is 0 Å². The number of anilines is 2. The van der Waals surface area contributed by atoms with Gasteiger partial charge < -0.3 is 15.5 Å². The molecule has 3 N–H and O–H groups in total. The van der Waals surface area contributed by atoms with Crippen LogP contribution in [0.2, 0.25) is 0 Å². The average Bonchev–Trinajstić information content (AvgIpc) is 3.08. The Bertz CT molecular complexity index is 1210. The largest absolute Gasteiger partial charge is 0.366 e. The van der Waals surface area contributed by atoms with Crippen LogP contribution in [0.4, 0.5) is 11.5 Å². The molecule has 11 nitrogen and oxygen atoms in total. The number of nitrogens with one attached hydrogen (secondary N) is 3. The monoisotopic (exact) mass is 462 g/mol. The number of rotatable bonds is 5. The Hall–Kier alpha value is -4.12. The molecule has 0 aliphatic carbocycles. The number of imide groups is 2. The van der Waals surface area contributed by atoms with Crippen molar-refractivity contribution in [3.63, 3.8) is 0 Å². The minimum absolute atomic E-state index is 0.00235. The normalized spacial score (nSPS) is 20.5. The standard InChI is InChI=1S/C23H22N6O5/c30-19-6-4-17(21(32)27-19)29-22(33)15-3-1-13(9-16(15)23(29)34)10-25-18-5-2-14(11-26-18)28-8-7-24-12-20(28)31/h1-3,5,9,11,17,24H,4,6-8,10,12H2,(H,25,26)(H,27,30,32). The summed E-state index contributed by atoms with van der Waals surface area (Å²) in [7, 11) is 0. The zero-order chi connectivity index (χ0) is 23.8. The molecule has 3 aliphatic heterocycles. The van der Waals surface area contributed by atoms with E-state index in [1.807, 2.05) is 6.07 Å². The number of carbonyl (C=O) groups excluding carboxylic acids is 5. The number of aromatic nitrogens is 1. The van der Waals surface area contributed by atoms with Crippen LogP contribution in [-0.2, 0) is 20.9 Å². The zero-order valence-electron chi connectivity index (χ0n) is 18.2. The first-order valence-electron chi connectivity index (χ1n) is 11.0. The van der Waals surface area contributed by atoms with E-state index in [0.29, 0.717) is 25.5 Å². The summed E-state index contributed by atoms with van der Waals surface area (Å²) < 4.78 is 0. The Morgan fingerprint density at radius 3 is 2.59 bits per heavy atom. The minimum Gasteiger partial charge on any atom is -0.366 e. The number of amides is 5. The van der Waals surface area contributed by atoms with Crippen molar-refractivity contribution < 1.29 is 24.0 Å². The third kappa shape index (κ3) is 3.90. The first kappa shape index (κ1) is 21.7. The first-order chi connectivity index (χ1) is 16.4. The van der Waals surface area contributed by atoms with Gasteiger partial charge in [0.1, 0.15) is 11.9 Å². The average molecular weight is 462 g/mol. The number of carbonyl (C=O) groups is 5. The van der Waals surface area contributed by atoms with Crippen molar-refractivity contribution in [2.24, 2.45) is 0 Å². The molecule has 11 heteroatoms. The summed E-state index contributed by atoms with van der Waals surface area (Å²) in [5.41, 5.74) is 1.96. The molecule has 2 fully saturated rings. The molecule has 2 aromatic rings. The third-order valence-corrected chi connectivity index (χ3v) is 6.13. The van der Waals surface area contributed by atoms with E-state index in [9.17, 15) is 24.0 Å². The number of benzene rings is 1. The summed E-state index contributed by atoms with van der Waals surface area (Å²) in [6.45, 7) is 1.98. The van der Waals surface area contributed by atoms with Gasteiger partial charge >= 0.3 is 0 Å². The van der Waals surface area contributed by atoms with Gasteiger partial charge in [0, 0.05) is 26.1 Å². The maximum absolute atomic E-state index is 12.9. The molecule has 0 bridgehead atoms. The van der Waals surface area contributed by atoms with E-state index in [4.69, 9.17) is 0 Å². The van der Waals surface area contributed by atoms with E-state index in [-0.39, 0.29) is 29.9 Å². The van der Waals surface area contributed by atoms with Crippen LogP contribution in [0.5, 0.6) is 0 Å². The van der Waals surface area contributed by atoms with Crippen LogP contribution in [0.25, 0.3) is 0 Å². The van der Waals surface area contributed by atoms with Gasteiger partial charge in [-0.1, -0.05) is 6.07 Å². The molecule has 1 atom stereocenters. The Morgan fingerprint density at radius 1 is 1.03 bits per heavy atom. The molecule has 1 aromatic heterocycles. The molecule has 4 heterocycles. The predicted octanol–water partition coefficient (Wildman–Crippen LogP) is 0.0311. The predicted molar refractivity (Wildman–Crippen MR) is 120 cm³/mol. The van der Waals surface area contributed by atoms with Crippen LogP contribution in [-0.4, -0.2) is 65.1 Å². The topological polar surface area (TPSA) is 141 Å². The van der Waals surface area contributed by atoms with Crippen LogP contribution < -0.4 is 20.9 Å². The molecule has 174 valence electrons. The number of fused-ring (bicyclic) bond motifs is 1. The summed E-state index contributed by atoms with van der Waals surface area (Å²) >= 11 is 0. The van der Waals surface area contributed by atoms with Gasteiger partial charge in [-0.15, -0.1) is 0 Å². The number of piperazine rings is 1. The van der Waals surface area contributed by atoms with E-state index in [1.165, 1.54) is 0 Å². The SMILES string of the molecule is O=C1CCC(N2C(=O)c3ccc(CNc4ccc(N5CCNCC5=O)cn4)cc3C2=O)C(=O)N1. The zero-order valence-corrected chi connectivity index (χ0v) is 18.2. The lowest BCUT2D eigenvalue weighted by Crippen LogP contribution is -2.54. The number of piperidine rings is 1. The van der Waals surface area contributed by atoms with Crippen LogP contribution in [0.15, 0.2) is 36.5 Å². The van der Waals surface area contributed by atoms with Gasteiger partial charge in [-0.05, 0) is 36.2 Å². The van der Waals surface area contributed by atoms with Crippen molar-refractivity contribution in [1.29, 1.82) is 0 Å². The summed E-state index contributed by atoms with van der Waals surface area (Å²) in [5, 5.41) is 8.38. The number of hydrogen-bond donors (Lipinski definition) is 3. The van der Waals surface area contributed by atoms with Crippen molar-refractivity contribution in [3.8, 4) is 0 Å². The summed E-state index contributed by atoms with van der Waals surface area (Å²) in [6.07, 6.45) is 1.83. The molecule has 1 aromatic carbocycles. The Balaban J connectivity index is 1.26. The van der Waals surface area contributed by atoms with E-state index < -0.39 is 29.7 Å². The van der Waals surface area contributed by atoms with Crippen LogP contribution in [0, 0.1) is 0 Å². The van der Waals surface area contributed by atoms with Gasteiger partial charge in [0.25, 0.3) is 11.8 Å². The van der Waals surface area contributed by atoms with Crippen molar-refractivity contribution in [2.75, 3.05) is 29.9 Å². The summed E-state index contributed by atoms with van der Waals surface area (Å²) in [5.74, 6) is -1.53. The highest BCUT2D eigenvalue weighted by Gasteiger charge is 2.44. The lowest BCUT2D eigenvalue weighted by molar-refractivity contribution is -0.136. The number of pyridine rings is 1. The molecule has 0 radical (unpaired) electrons. The van der Waals surface area contributed by atoms with Gasteiger partial charge in [0.05, 0.1) is 29.6 Å². The molecule has 2 saturated heterocycles. The van der Waals surface area contributed by atoms with Crippen LogP contribution in [0.3, 0.4) is 0 Å². The Kier molecular flexibility index (Phi) is 5.54. The second-order valence-electron chi connectivity index (χ2n) is 8.30. The van der Waals surface area contributed by atoms with Gasteiger partial charge in [-0.3, -0.25) is 34.2 Å². The summed E-state index contributed by atoms with van der Waals surface area (Å²) in [6, 6.07) is 7.54. The molecule has 5 rings (SSSR count). The van der Waals surface area contributed by atoms with Gasteiger partial charge in [-0.25, -0.2) is 4.98 Å². The van der Waals surface area contributed by atoms with Gasteiger partial charge in [0.2, 0.25) is 17.7 Å². The fourth-order valence-electron chi connectivity index (χ4n) is 4.35. The smallest absolute Gasteiger partial charge is 0.262 e. The molecule has 5 amide bonds. The molecule has 3 aliphatic rings. The fraction of sp³-hybridized carbons (Fsp3) is 0.304. The van der Waals surface area contributed by atoms with Crippen LogP contribution in [0.1, 0.15) is 39.1 Å². The van der Waals surface area contributed by atoms with Crippen molar-refractivity contribution in [1.82, 2.24) is 20.5 Å². The lowest BCUT2D eigenvalue weighted by atomic mass is 10.0. The molecular weight excluding hydrogens is 440 g/mol. The molecular formula is C23H22N6O5. The van der Waals surface area contributed by atoms with E-state index >= 15 is 0 Å². The second kappa shape index (κ2) is 8.67. The molecule has 0 spiro atoms. The molecule has 34 heavy (non-hydrogen) atoms. The second-order valence-corrected chi connectivity index (χ2v) is 8.30. The van der Waals surface area contributed by atoms with Crippen molar-refractivity contribution in [2.45, 2.75) is 25.4 Å². The number of hydrogen-bond acceptors (Lipinski definition) is 8. The van der Waals surface area contributed by atoms with E-state index in [0.717, 1.165) is 22.7 Å². The molecule has 1 unspecified atom stereocenters. The minimum atomic E-state index is -0.989. The Morgan fingerprint density at radius 2 is 1.85 bits per heavy atom. The van der Waals surface area contributed by atoms with Gasteiger partial charge in [0.15, 0.2) is 0 Å². The van der Waals surface area contributed by atoms with Crippen LogP contribution >= 0.6 is 0 Å². The Labute approximate surface area is 194 Å². The van der Waals surface area contributed by atoms with E-state index in [2.05, 4.69) is 20.9 Å². The maximum Gasteiger partial charge on any atom is 0.262 e. The van der Waals surface area contributed by atoms with E-state index in [1.54, 1.807) is 35.4 Å².